The predicted octanol–water partition coefficient (Wildman–Crippen LogP) is 1.83. The normalized spacial score (nSPS) is 15.3. The third kappa shape index (κ3) is 2.92. The Morgan fingerprint density at radius 2 is 1.89 bits per heavy atom. The van der Waals surface area contributed by atoms with Crippen LogP contribution in [0.15, 0.2) is 47.6 Å². The van der Waals surface area contributed by atoms with Crippen molar-refractivity contribution in [1.82, 2.24) is 14.3 Å². The largest absolute Gasteiger partial charge is 0.492 e. The molecule has 0 radical (unpaired) electrons. The summed E-state index contributed by atoms with van der Waals surface area (Å²) in [5.41, 5.74) is 1.92. The van der Waals surface area contributed by atoms with Crippen molar-refractivity contribution in [3.8, 4) is 5.75 Å². The van der Waals surface area contributed by atoms with E-state index in [-0.39, 0.29) is 10.6 Å². The van der Waals surface area contributed by atoms with Gasteiger partial charge in [0.25, 0.3) is 10.0 Å². The third-order valence-electron chi connectivity index (χ3n) is 4.65. The van der Waals surface area contributed by atoms with Crippen LogP contribution in [0.4, 0.5) is 10.1 Å². The van der Waals surface area contributed by atoms with Gasteiger partial charge in [-0.1, -0.05) is 12.1 Å². The standard InChI is InChI=1S/C18H19FN4O3S/c1-26-18-13(19)4-2-7-16(18)27(24,25)23-12-21-17-14(5-3-6-15(17)23)22-10-8-20-9-11-22/h2-7,12,20H,8-11H2,1H3. The monoisotopic (exact) mass is 390 g/mol. The van der Waals surface area contributed by atoms with Gasteiger partial charge >= 0.3 is 0 Å². The van der Waals surface area contributed by atoms with Gasteiger partial charge in [0.1, 0.15) is 16.7 Å². The molecule has 0 amide bonds. The highest BCUT2D eigenvalue weighted by atomic mass is 32.2. The fraction of sp³-hybridized carbons (Fsp3) is 0.278. The van der Waals surface area contributed by atoms with Crippen molar-refractivity contribution in [3.63, 3.8) is 0 Å². The number of aromatic nitrogens is 2. The number of ether oxygens (including phenoxy) is 1. The molecule has 0 spiro atoms. The minimum atomic E-state index is -4.08. The first-order chi connectivity index (χ1) is 13.0. The van der Waals surface area contributed by atoms with Gasteiger partial charge in [0.15, 0.2) is 11.6 Å². The number of hydrogen-bond donors (Lipinski definition) is 1. The first-order valence-electron chi connectivity index (χ1n) is 8.54. The molecule has 0 saturated carbocycles. The van der Waals surface area contributed by atoms with Crippen LogP contribution in [0.2, 0.25) is 0 Å². The molecule has 1 aliphatic heterocycles. The number of anilines is 1. The quantitative estimate of drug-likeness (QED) is 0.733. The molecule has 3 aromatic rings. The number of nitrogens with one attached hydrogen (secondary N) is 1. The van der Waals surface area contributed by atoms with E-state index >= 15 is 0 Å². The number of hydrogen-bond acceptors (Lipinski definition) is 6. The highest BCUT2D eigenvalue weighted by Crippen LogP contribution is 2.32. The lowest BCUT2D eigenvalue weighted by molar-refractivity contribution is 0.374. The molecule has 0 atom stereocenters. The Kier molecular flexibility index (Phi) is 4.48. The summed E-state index contributed by atoms with van der Waals surface area (Å²) in [5.74, 6) is -1.04. The van der Waals surface area contributed by atoms with Gasteiger partial charge in [0.05, 0.1) is 18.3 Å². The maximum Gasteiger partial charge on any atom is 0.273 e. The molecule has 2 heterocycles. The van der Waals surface area contributed by atoms with E-state index in [1.54, 1.807) is 12.1 Å². The zero-order chi connectivity index (χ0) is 19.0. The third-order valence-corrected chi connectivity index (χ3v) is 6.34. The van der Waals surface area contributed by atoms with E-state index in [1.807, 2.05) is 6.07 Å². The number of rotatable bonds is 4. The lowest BCUT2D eigenvalue weighted by Crippen LogP contribution is -2.43. The first-order valence-corrected chi connectivity index (χ1v) is 9.98. The lowest BCUT2D eigenvalue weighted by Gasteiger charge is -2.29. The molecule has 1 fully saturated rings. The van der Waals surface area contributed by atoms with Crippen molar-refractivity contribution in [2.75, 3.05) is 38.2 Å². The van der Waals surface area contributed by atoms with Gasteiger partial charge in [0, 0.05) is 26.2 Å². The van der Waals surface area contributed by atoms with Crippen molar-refractivity contribution in [2.24, 2.45) is 0 Å². The number of piperazine rings is 1. The zero-order valence-corrected chi connectivity index (χ0v) is 15.5. The average Bonchev–Trinajstić information content (AvgIpc) is 3.13. The molecule has 0 bridgehead atoms. The molecule has 1 aromatic heterocycles. The second kappa shape index (κ2) is 6.82. The minimum Gasteiger partial charge on any atom is -0.492 e. The first kappa shape index (κ1) is 17.7. The van der Waals surface area contributed by atoms with Crippen LogP contribution in [-0.2, 0) is 10.0 Å². The van der Waals surface area contributed by atoms with Crippen LogP contribution < -0.4 is 15.0 Å². The second-order valence-electron chi connectivity index (χ2n) is 6.20. The van der Waals surface area contributed by atoms with Gasteiger partial charge in [-0.2, -0.15) is 0 Å². The van der Waals surface area contributed by atoms with Crippen molar-refractivity contribution >= 4 is 26.7 Å². The number of imidazole rings is 1. The van der Waals surface area contributed by atoms with Crippen LogP contribution in [0.25, 0.3) is 11.0 Å². The fourth-order valence-electron chi connectivity index (χ4n) is 3.35. The molecular formula is C18H19FN4O3S. The molecule has 1 N–H and O–H groups in total. The van der Waals surface area contributed by atoms with Gasteiger partial charge in [-0.25, -0.2) is 21.8 Å². The summed E-state index contributed by atoms with van der Waals surface area (Å²) in [7, 11) is -2.83. The van der Waals surface area contributed by atoms with E-state index < -0.39 is 15.8 Å². The van der Waals surface area contributed by atoms with Gasteiger partial charge in [-0.15, -0.1) is 0 Å². The van der Waals surface area contributed by atoms with Crippen molar-refractivity contribution in [1.29, 1.82) is 0 Å². The van der Waals surface area contributed by atoms with Crippen LogP contribution in [0.5, 0.6) is 5.75 Å². The fourth-order valence-corrected chi connectivity index (χ4v) is 4.81. The molecule has 7 nitrogen and oxygen atoms in total. The van der Waals surface area contributed by atoms with E-state index in [4.69, 9.17) is 4.74 Å². The van der Waals surface area contributed by atoms with Crippen LogP contribution >= 0.6 is 0 Å². The van der Waals surface area contributed by atoms with Crippen molar-refractivity contribution < 1.29 is 17.5 Å². The Hall–Kier alpha value is -2.65. The highest BCUT2D eigenvalue weighted by molar-refractivity contribution is 7.90. The van der Waals surface area contributed by atoms with Crippen LogP contribution in [-0.4, -0.2) is 50.7 Å². The molecule has 0 unspecified atom stereocenters. The molecule has 0 aliphatic carbocycles. The van der Waals surface area contributed by atoms with E-state index in [0.29, 0.717) is 11.0 Å². The number of para-hydroxylation sites is 2. The van der Waals surface area contributed by atoms with E-state index in [9.17, 15) is 12.8 Å². The van der Waals surface area contributed by atoms with Crippen LogP contribution in [0.1, 0.15) is 0 Å². The molecule has 142 valence electrons. The maximum absolute atomic E-state index is 14.0. The summed E-state index contributed by atoms with van der Waals surface area (Å²) in [5, 5.41) is 3.29. The molecular weight excluding hydrogens is 371 g/mol. The number of nitrogens with zero attached hydrogens (tertiary/aromatic N) is 3. The van der Waals surface area contributed by atoms with E-state index in [1.165, 1.54) is 25.6 Å². The van der Waals surface area contributed by atoms with Gasteiger partial charge in [0.2, 0.25) is 0 Å². The second-order valence-corrected chi connectivity index (χ2v) is 7.98. The summed E-state index contributed by atoms with van der Waals surface area (Å²) in [4.78, 5) is 6.28. The van der Waals surface area contributed by atoms with E-state index in [2.05, 4.69) is 15.2 Å². The Morgan fingerprint density at radius 3 is 2.63 bits per heavy atom. The summed E-state index contributed by atoms with van der Waals surface area (Å²) in [6.07, 6.45) is 1.26. The maximum atomic E-state index is 14.0. The highest BCUT2D eigenvalue weighted by Gasteiger charge is 2.27. The summed E-state index contributed by atoms with van der Waals surface area (Å²) in [6.45, 7) is 3.35. The Balaban J connectivity index is 1.86. The topological polar surface area (TPSA) is 76.5 Å². The molecule has 4 rings (SSSR count). The Labute approximate surface area is 156 Å². The van der Waals surface area contributed by atoms with Crippen LogP contribution in [0.3, 0.4) is 0 Å². The molecule has 2 aromatic carbocycles. The summed E-state index contributed by atoms with van der Waals surface area (Å²) >= 11 is 0. The lowest BCUT2D eigenvalue weighted by atomic mass is 10.2. The minimum absolute atomic E-state index is 0.239. The number of halogens is 1. The van der Waals surface area contributed by atoms with Crippen molar-refractivity contribution in [2.45, 2.75) is 4.90 Å². The van der Waals surface area contributed by atoms with E-state index in [0.717, 1.165) is 41.9 Å². The van der Waals surface area contributed by atoms with Gasteiger partial charge < -0.3 is 15.0 Å². The molecule has 1 saturated heterocycles. The summed E-state index contributed by atoms with van der Waals surface area (Å²) in [6, 6.07) is 9.25. The summed E-state index contributed by atoms with van der Waals surface area (Å²) < 4.78 is 46.4. The number of benzene rings is 2. The number of fused-ring (bicyclic) bond motifs is 1. The zero-order valence-electron chi connectivity index (χ0n) is 14.7. The average molecular weight is 390 g/mol. The number of methoxy groups -OCH3 is 1. The Bertz CT molecular complexity index is 1090. The smallest absolute Gasteiger partial charge is 0.273 e. The van der Waals surface area contributed by atoms with Gasteiger partial charge in [-0.3, -0.25) is 0 Å². The van der Waals surface area contributed by atoms with Gasteiger partial charge in [-0.05, 0) is 24.3 Å². The molecule has 1 aliphatic rings. The molecule has 9 heteroatoms. The van der Waals surface area contributed by atoms with Crippen molar-refractivity contribution in [3.05, 3.63) is 48.5 Å². The predicted molar refractivity (Wildman–Crippen MR) is 100 cm³/mol. The Morgan fingerprint density at radius 1 is 1.15 bits per heavy atom. The SMILES string of the molecule is COc1c(F)cccc1S(=O)(=O)n1cnc2c(N3CCNCC3)cccc21. The van der Waals surface area contributed by atoms with Crippen LogP contribution in [0, 0.1) is 5.82 Å². The molecule has 27 heavy (non-hydrogen) atoms.